The summed E-state index contributed by atoms with van der Waals surface area (Å²) in [6.45, 7) is 6.78. The molecule has 0 aromatic heterocycles. The molecule has 0 heterocycles. The molecular formula is C7H12O3. The van der Waals surface area contributed by atoms with Crippen molar-refractivity contribution in [2.75, 3.05) is 0 Å². The average molecular weight is 144 g/mol. The molecule has 0 rings (SSSR count). The Kier molecular flexibility index (Phi) is 4.84. The lowest BCUT2D eigenvalue weighted by molar-refractivity contribution is -0.282. The molecule has 0 aromatic carbocycles. The van der Waals surface area contributed by atoms with Crippen LogP contribution in [-0.2, 0) is 4.89 Å². The summed E-state index contributed by atoms with van der Waals surface area (Å²) in [5, 5.41) is 17.2. The van der Waals surface area contributed by atoms with Gasteiger partial charge in [0.1, 0.15) is 6.10 Å². The van der Waals surface area contributed by atoms with Crippen molar-refractivity contribution in [3.8, 4) is 0 Å². The Morgan fingerprint density at radius 2 is 2.10 bits per heavy atom. The summed E-state index contributed by atoms with van der Waals surface area (Å²) in [4.78, 5) is 3.90. The van der Waals surface area contributed by atoms with Crippen molar-refractivity contribution in [2.45, 2.75) is 18.6 Å². The van der Waals surface area contributed by atoms with Crippen LogP contribution in [0.25, 0.3) is 0 Å². The second-order valence-corrected chi connectivity index (χ2v) is 1.90. The van der Waals surface area contributed by atoms with Crippen molar-refractivity contribution >= 4 is 0 Å². The van der Waals surface area contributed by atoms with Gasteiger partial charge in [-0.2, -0.15) is 0 Å². The van der Waals surface area contributed by atoms with Crippen molar-refractivity contribution in [2.24, 2.45) is 0 Å². The zero-order chi connectivity index (χ0) is 7.98. The lowest BCUT2D eigenvalue weighted by Crippen LogP contribution is -2.25. The molecule has 0 spiro atoms. The van der Waals surface area contributed by atoms with E-state index < -0.39 is 12.2 Å². The smallest absolute Gasteiger partial charge is 0.137 e. The van der Waals surface area contributed by atoms with Crippen LogP contribution in [0, 0.1) is 0 Å². The summed E-state index contributed by atoms with van der Waals surface area (Å²) in [5.74, 6) is 0. The highest BCUT2D eigenvalue weighted by molar-refractivity contribution is 4.88. The maximum atomic E-state index is 9.08. The van der Waals surface area contributed by atoms with Crippen molar-refractivity contribution in [1.29, 1.82) is 0 Å². The zero-order valence-corrected chi connectivity index (χ0v) is 5.73. The van der Waals surface area contributed by atoms with Crippen LogP contribution < -0.4 is 0 Å². The predicted molar refractivity (Wildman–Crippen MR) is 38.5 cm³/mol. The van der Waals surface area contributed by atoms with Crippen LogP contribution in [0.4, 0.5) is 0 Å². The standard InChI is InChI=1S/C7H12O3/c1-3-5-6(8)7(4-2)10-9/h3-4,6-9H,1-2,5H2/t6-,7-/m1/s1. The summed E-state index contributed by atoms with van der Waals surface area (Å²) in [5.41, 5.74) is 0. The molecule has 10 heavy (non-hydrogen) atoms. The third kappa shape index (κ3) is 2.77. The molecule has 0 saturated carbocycles. The Hall–Kier alpha value is -0.640. The fraction of sp³-hybridized carbons (Fsp3) is 0.429. The molecule has 0 aliphatic carbocycles. The summed E-state index contributed by atoms with van der Waals surface area (Å²) in [6, 6.07) is 0. The minimum absolute atomic E-state index is 0.372. The molecular weight excluding hydrogens is 132 g/mol. The van der Waals surface area contributed by atoms with E-state index in [0.29, 0.717) is 6.42 Å². The third-order valence-corrected chi connectivity index (χ3v) is 1.14. The SMILES string of the molecule is C=CC[C@@H](O)[C@@H](C=C)OO. The first-order valence-corrected chi connectivity index (χ1v) is 2.98. The highest BCUT2D eigenvalue weighted by Gasteiger charge is 2.13. The summed E-state index contributed by atoms with van der Waals surface area (Å²) in [6.07, 6.45) is 1.75. The summed E-state index contributed by atoms with van der Waals surface area (Å²) >= 11 is 0. The monoisotopic (exact) mass is 144 g/mol. The van der Waals surface area contributed by atoms with Crippen LogP contribution in [0.5, 0.6) is 0 Å². The average Bonchev–Trinajstić information content (AvgIpc) is 1.91. The van der Waals surface area contributed by atoms with Crippen LogP contribution in [0.1, 0.15) is 6.42 Å². The maximum absolute atomic E-state index is 9.08. The molecule has 0 aliphatic heterocycles. The van der Waals surface area contributed by atoms with Crippen molar-refractivity contribution < 1.29 is 15.3 Å². The Bertz CT molecular complexity index is 111. The van der Waals surface area contributed by atoms with E-state index in [4.69, 9.17) is 10.4 Å². The third-order valence-electron chi connectivity index (χ3n) is 1.14. The van der Waals surface area contributed by atoms with E-state index in [2.05, 4.69) is 18.0 Å². The fourth-order valence-electron chi connectivity index (χ4n) is 0.575. The van der Waals surface area contributed by atoms with Gasteiger partial charge in [0.25, 0.3) is 0 Å². The number of aliphatic hydroxyl groups excluding tert-OH is 1. The second kappa shape index (κ2) is 5.17. The first kappa shape index (κ1) is 9.36. The molecule has 0 aromatic rings. The van der Waals surface area contributed by atoms with Crippen molar-refractivity contribution in [3.05, 3.63) is 25.3 Å². The van der Waals surface area contributed by atoms with Crippen LogP contribution in [0.3, 0.4) is 0 Å². The van der Waals surface area contributed by atoms with E-state index in [1.807, 2.05) is 0 Å². The van der Waals surface area contributed by atoms with Gasteiger partial charge in [0.05, 0.1) is 6.10 Å². The van der Waals surface area contributed by atoms with Crippen LogP contribution in [0.2, 0.25) is 0 Å². The Balaban J connectivity index is 3.74. The van der Waals surface area contributed by atoms with E-state index in [1.54, 1.807) is 6.08 Å². The quantitative estimate of drug-likeness (QED) is 0.343. The fourth-order valence-corrected chi connectivity index (χ4v) is 0.575. The Morgan fingerprint density at radius 1 is 1.50 bits per heavy atom. The Labute approximate surface area is 60.2 Å². The normalized spacial score (nSPS) is 15.8. The van der Waals surface area contributed by atoms with Gasteiger partial charge >= 0.3 is 0 Å². The molecule has 58 valence electrons. The zero-order valence-electron chi connectivity index (χ0n) is 5.73. The molecule has 0 saturated heterocycles. The molecule has 3 heteroatoms. The van der Waals surface area contributed by atoms with Gasteiger partial charge in [-0.15, -0.1) is 13.2 Å². The molecule has 2 N–H and O–H groups in total. The second-order valence-electron chi connectivity index (χ2n) is 1.90. The molecule has 0 amide bonds. The van der Waals surface area contributed by atoms with Gasteiger partial charge in [0.15, 0.2) is 0 Å². The molecule has 0 fully saturated rings. The predicted octanol–water partition coefficient (Wildman–Crippen LogP) is 0.968. The molecule has 2 atom stereocenters. The van der Waals surface area contributed by atoms with E-state index >= 15 is 0 Å². The van der Waals surface area contributed by atoms with Gasteiger partial charge in [-0.25, -0.2) is 4.89 Å². The van der Waals surface area contributed by atoms with E-state index in [0.717, 1.165) is 0 Å². The molecule has 0 radical (unpaired) electrons. The van der Waals surface area contributed by atoms with Gasteiger partial charge in [0.2, 0.25) is 0 Å². The van der Waals surface area contributed by atoms with Gasteiger partial charge in [-0.05, 0) is 6.42 Å². The molecule has 0 aliphatic rings. The van der Waals surface area contributed by atoms with Crippen molar-refractivity contribution in [3.63, 3.8) is 0 Å². The van der Waals surface area contributed by atoms with Crippen LogP contribution >= 0.6 is 0 Å². The van der Waals surface area contributed by atoms with Gasteiger partial charge < -0.3 is 5.11 Å². The van der Waals surface area contributed by atoms with Gasteiger partial charge in [-0.1, -0.05) is 12.2 Å². The molecule has 3 nitrogen and oxygen atoms in total. The summed E-state index contributed by atoms with van der Waals surface area (Å²) in [7, 11) is 0. The molecule has 0 bridgehead atoms. The first-order chi connectivity index (χ1) is 4.76. The largest absolute Gasteiger partial charge is 0.390 e. The molecule has 0 unspecified atom stereocenters. The van der Waals surface area contributed by atoms with E-state index in [1.165, 1.54) is 6.08 Å². The number of aliphatic hydroxyl groups is 1. The van der Waals surface area contributed by atoms with Gasteiger partial charge in [-0.3, -0.25) is 5.26 Å². The minimum Gasteiger partial charge on any atom is -0.390 e. The number of hydrogen-bond donors (Lipinski definition) is 2. The van der Waals surface area contributed by atoms with Crippen molar-refractivity contribution in [1.82, 2.24) is 0 Å². The van der Waals surface area contributed by atoms with E-state index in [9.17, 15) is 0 Å². The maximum Gasteiger partial charge on any atom is 0.137 e. The number of hydrogen-bond acceptors (Lipinski definition) is 3. The van der Waals surface area contributed by atoms with Crippen LogP contribution in [0.15, 0.2) is 25.3 Å². The Morgan fingerprint density at radius 3 is 2.40 bits per heavy atom. The first-order valence-electron chi connectivity index (χ1n) is 2.98. The highest BCUT2D eigenvalue weighted by Crippen LogP contribution is 2.03. The summed E-state index contributed by atoms with van der Waals surface area (Å²) < 4.78 is 0. The van der Waals surface area contributed by atoms with Crippen LogP contribution in [-0.4, -0.2) is 22.6 Å². The topological polar surface area (TPSA) is 49.7 Å². The lowest BCUT2D eigenvalue weighted by Gasteiger charge is -2.13. The highest BCUT2D eigenvalue weighted by atomic mass is 17.1. The van der Waals surface area contributed by atoms with Gasteiger partial charge in [0, 0.05) is 0 Å². The van der Waals surface area contributed by atoms with E-state index in [-0.39, 0.29) is 0 Å². The number of rotatable bonds is 5. The minimum atomic E-state index is -0.764. The lowest BCUT2D eigenvalue weighted by atomic mass is 10.1.